The number of hydrogen-bond donors (Lipinski definition) is 2. The van der Waals surface area contributed by atoms with Gasteiger partial charge in [0, 0.05) is 17.6 Å². The maximum absolute atomic E-state index is 12.2. The highest BCUT2D eigenvalue weighted by Crippen LogP contribution is 2.32. The molecule has 0 bridgehead atoms. The second kappa shape index (κ2) is 9.36. The van der Waals surface area contributed by atoms with Crippen LogP contribution in [0.1, 0.15) is 5.56 Å². The summed E-state index contributed by atoms with van der Waals surface area (Å²) < 4.78 is 12.1. The molecule has 0 saturated carbocycles. The molecule has 0 radical (unpaired) electrons. The molecule has 2 amide bonds. The monoisotopic (exact) mass is 424 g/mol. The molecule has 8 nitrogen and oxygen atoms in total. The van der Waals surface area contributed by atoms with Crippen molar-refractivity contribution >= 4 is 29.3 Å². The molecule has 0 unspecified atom stereocenters. The Bertz CT molecular complexity index is 1040. The maximum Gasteiger partial charge on any atom is 0.241 e. The fourth-order valence-corrected chi connectivity index (χ4v) is 3.55. The zero-order valence-corrected chi connectivity index (χ0v) is 16.9. The van der Waals surface area contributed by atoms with Gasteiger partial charge in [-0.25, -0.2) is 0 Å². The van der Waals surface area contributed by atoms with Crippen molar-refractivity contribution in [2.45, 2.75) is 18.0 Å². The van der Waals surface area contributed by atoms with Gasteiger partial charge < -0.3 is 20.1 Å². The highest BCUT2D eigenvalue weighted by atomic mass is 32.2. The first-order valence-electron chi connectivity index (χ1n) is 9.31. The fourth-order valence-electron chi connectivity index (χ4n) is 2.83. The number of anilines is 1. The fraction of sp³-hybridized carbons (Fsp3) is 0.190. The van der Waals surface area contributed by atoms with Crippen molar-refractivity contribution in [1.29, 1.82) is 0 Å². The third kappa shape index (κ3) is 5.32. The zero-order valence-electron chi connectivity index (χ0n) is 16.0. The molecule has 1 aliphatic heterocycles. The number of amides is 2. The number of carbonyl (C=O) groups excluding carboxylic acids is 2. The number of aromatic nitrogens is 2. The van der Waals surface area contributed by atoms with E-state index in [9.17, 15) is 9.59 Å². The molecule has 2 aromatic carbocycles. The van der Waals surface area contributed by atoms with Gasteiger partial charge in [0.25, 0.3) is 0 Å². The summed E-state index contributed by atoms with van der Waals surface area (Å²) in [5, 5.41) is 9.75. The molecule has 0 saturated heterocycles. The van der Waals surface area contributed by atoms with E-state index >= 15 is 0 Å². The molecule has 2 heterocycles. The average molecular weight is 424 g/mol. The summed E-state index contributed by atoms with van der Waals surface area (Å²) in [5.74, 6) is 1.37. The molecule has 0 atom stereocenters. The molecule has 3 aromatic rings. The number of carbonyl (C=O) groups is 2. The van der Waals surface area contributed by atoms with E-state index < -0.39 is 0 Å². The number of fused-ring (bicyclic) bond motifs is 1. The Kier molecular flexibility index (Phi) is 6.19. The van der Waals surface area contributed by atoms with Gasteiger partial charge in [-0.1, -0.05) is 24.3 Å². The van der Waals surface area contributed by atoms with Crippen molar-refractivity contribution in [3.05, 3.63) is 66.5 Å². The van der Waals surface area contributed by atoms with E-state index in [0.29, 0.717) is 29.5 Å². The van der Waals surface area contributed by atoms with Crippen LogP contribution in [0.2, 0.25) is 0 Å². The number of thioether (sulfide) groups is 1. The van der Waals surface area contributed by atoms with Gasteiger partial charge in [-0.05, 0) is 29.8 Å². The van der Waals surface area contributed by atoms with Gasteiger partial charge >= 0.3 is 0 Å². The molecular formula is C21H20N4O4S. The van der Waals surface area contributed by atoms with Crippen molar-refractivity contribution in [2.75, 3.05) is 17.9 Å². The molecule has 2 N–H and O–H groups in total. The normalized spacial score (nSPS) is 11.9. The predicted octanol–water partition coefficient (Wildman–Crippen LogP) is 2.66. The minimum absolute atomic E-state index is 0.0547. The minimum atomic E-state index is -0.187. The summed E-state index contributed by atoms with van der Waals surface area (Å²) in [5.41, 5.74) is 1.47. The Labute approximate surface area is 177 Å². The van der Waals surface area contributed by atoms with Crippen LogP contribution in [0.4, 0.5) is 5.69 Å². The quantitative estimate of drug-likeness (QED) is 0.540. The minimum Gasteiger partial charge on any atom is -0.454 e. The summed E-state index contributed by atoms with van der Waals surface area (Å²) in [6, 6.07) is 15.3. The van der Waals surface area contributed by atoms with Gasteiger partial charge in [0.05, 0.1) is 17.6 Å². The molecule has 30 heavy (non-hydrogen) atoms. The van der Waals surface area contributed by atoms with Gasteiger partial charge in [0.1, 0.15) is 6.54 Å². The van der Waals surface area contributed by atoms with E-state index in [4.69, 9.17) is 9.47 Å². The molecule has 1 aliphatic rings. The summed E-state index contributed by atoms with van der Waals surface area (Å²) in [7, 11) is 0. The standard InChI is InChI=1S/C21H20N4O4S/c26-20(22-9-15-6-7-18-19(8-15)29-14-28-18)12-25-11-16(10-23-25)24-21(27)13-30-17-4-2-1-3-5-17/h1-8,10-11H,9,12-14H2,(H,22,26)(H,24,27). The van der Waals surface area contributed by atoms with E-state index in [0.717, 1.165) is 10.5 Å². The molecule has 0 spiro atoms. The van der Waals surface area contributed by atoms with E-state index in [1.807, 2.05) is 48.5 Å². The van der Waals surface area contributed by atoms with Gasteiger partial charge in [0.15, 0.2) is 11.5 Å². The van der Waals surface area contributed by atoms with Crippen molar-refractivity contribution in [3.8, 4) is 11.5 Å². The first-order valence-corrected chi connectivity index (χ1v) is 10.3. The van der Waals surface area contributed by atoms with Crippen LogP contribution in [-0.2, 0) is 22.7 Å². The van der Waals surface area contributed by atoms with E-state index in [1.165, 1.54) is 22.6 Å². The van der Waals surface area contributed by atoms with Gasteiger partial charge in [-0.3, -0.25) is 14.3 Å². The summed E-state index contributed by atoms with van der Waals surface area (Å²) in [6.07, 6.45) is 3.15. The Morgan fingerprint density at radius 3 is 2.77 bits per heavy atom. The smallest absolute Gasteiger partial charge is 0.241 e. The zero-order chi connectivity index (χ0) is 20.8. The summed E-state index contributed by atoms with van der Waals surface area (Å²) in [6.45, 7) is 0.643. The third-order valence-corrected chi connectivity index (χ3v) is 5.27. The maximum atomic E-state index is 12.2. The van der Waals surface area contributed by atoms with Crippen molar-refractivity contribution in [1.82, 2.24) is 15.1 Å². The van der Waals surface area contributed by atoms with Crippen LogP contribution in [0.25, 0.3) is 0 Å². The molecular weight excluding hydrogens is 404 g/mol. The van der Waals surface area contributed by atoms with Crippen LogP contribution >= 0.6 is 11.8 Å². The highest BCUT2D eigenvalue weighted by molar-refractivity contribution is 8.00. The van der Waals surface area contributed by atoms with Crippen LogP contribution < -0.4 is 20.1 Å². The van der Waals surface area contributed by atoms with Gasteiger partial charge in [-0.2, -0.15) is 5.10 Å². The Balaban J connectivity index is 1.21. The Morgan fingerprint density at radius 1 is 1.07 bits per heavy atom. The first-order chi connectivity index (χ1) is 14.7. The topological polar surface area (TPSA) is 94.5 Å². The average Bonchev–Trinajstić information content (AvgIpc) is 3.40. The first kappa shape index (κ1) is 19.8. The van der Waals surface area contributed by atoms with E-state index in [1.54, 1.807) is 6.20 Å². The molecule has 0 fully saturated rings. The van der Waals surface area contributed by atoms with Crippen LogP contribution in [0, 0.1) is 0 Å². The lowest BCUT2D eigenvalue weighted by Crippen LogP contribution is -2.27. The number of ether oxygens (including phenoxy) is 2. The highest BCUT2D eigenvalue weighted by Gasteiger charge is 2.13. The summed E-state index contributed by atoms with van der Waals surface area (Å²) in [4.78, 5) is 25.3. The molecule has 154 valence electrons. The molecule has 1 aromatic heterocycles. The van der Waals surface area contributed by atoms with E-state index in [-0.39, 0.29) is 25.2 Å². The van der Waals surface area contributed by atoms with Crippen molar-refractivity contribution < 1.29 is 19.1 Å². The summed E-state index contributed by atoms with van der Waals surface area (Å²) >= 11 is 1.46. The predicted molar refractivity (Wildman–Crippen MR) is 112 cm³/mol. The SMILES string of the molecule is O=C(Cn1cc(NC(=O)CSc2ccccc2)cn1)NCc1ccc2c(c1)OCO2. The molecule has 0 aliphatic carbocycles. The largest absolute Gasteiger partial charge is 0.454 e. The molecule has 9 heteroatoms. The van der Waals surface area contributed by atoms with Gasteiger partial charge in [-0.15, -0.1) is 11.8 Å². The van der Waals surface area contributed by atoms with Crippen LogP contribution in [0.15, 0.2) is 65.8 Å². The second-order valence-electron chi connectivity index (χ2n) is 6.54. The number of benzene rings is 2. The van der Waals surface area contributed by atoms with Crippen molar-refractivity contribution in [2.24, 2.45) is 0 Å². The Hall–Kier alpha value is -3.46. The number of nitrogens with one attached hydrogen (secondary N) is 2. The number of rotatable bonds is 8. The van der Waals surface area contributed by atoms with Crippen LogP contribution in [0.3, 0.4) is 0 Å². The van der Waals surface area contributed by atoms with Crippen LogP contribution in [-0.4, -0.2) is 34.1 Å². The lowest BCUT2D eigenvalue weighted by molar-refractivity contribution is -0.122. The second-order valence-corrected chi connectivity index (χ2v) is 7.59. The number of nitrogens with zero attached hydrogens (tertiary/aromatic N) is 2. The number of hydrogen-bond acceptors (Lipinski definition) is 6. The third-order valence-electron chi connectivity index (χ3n) is 4.26. The van der Waals surface area contributed by atoms with Crippen molar-refractivity contribution in [3.63, 3.8) is 0 Å². The lowest BCUT2D eigenvalue weighted by Gasteiger charge is -2.06. The van der Waals surface area contributed by atoms with Crippen LogP contribution in [0.5, 0.6) is 11.5 Å². The van der Waals surface area contributed by atoms with E-state index in [2.05, 4.69) is 15.7 Å². The van der Waals surface area contributed by atoms with Gasteiger partial charge in [0.2, 0.25) is 18.6 Å². The Morgan fingerprint density at radius 2 is 1.90 bits per heavy atom. The lowest BCUT2D eigenvalue weighted by atomic mass is 10.2. The molecule has 4 rings (SSSR count).